The van der Waals surface area contributed by atoms with Crippen LogP contribution < -0.4 is 10.6 Å². The molecule has 1 aromatic carbocycles. The van der Waals surface area contributed by atoms with Crippen LogP contribution in [0, 0.1) is 12.7 Å². The lowest BCUT2D eigenvalue weighted by Gasteiger charge is -2.14. The van der Waals surface area contributed by atoms with E-state index >= 15 is 0 Å². The summed E-state index contributed by atoms with van der Waals surface area (Å²) in [6.45, 7) is 3.45. The third-order valence-corrected chi connectivity index (χ3v) is 3.17. The highest BCUT2D eigenvalue weighted by Crippen LogP contribution is 2.11. The number of rotatable bonds is 6. The fourth-order valence-corrected chi connectivity index (χ4v) is 2.00. The van der Waals surface area contributed by atoms with Gasteiger partial charge in [-0.2, -0.15) is 5.10 Å². The van der Waals surface area contributed by atoms with Gasteiger partial charge < -0.3 is 10.6 Å². The van der Waals surface area contributed by atoms with Gasteiger partial charge in [-0.05, 0) is 31.5 Å². The highest BCUT2D eigenvalue weighted by atomic mass is 19.1. The van der Waals surface area contributed by atoms with E-state index in [4.69, 9.17) is 0 Å². The number of amides is 2. The molecule has 2 rings (SSSR count). The first-order valence-corrected chi connectivity index (χ1v) is 7.21. The van der Waals surface area contributed by atoms with E-state index in [0.717, 1.165) is 6.07 Å². The van der Waals surface area contributed by atoms with Gasteiger partial charge in [0.05, 0.1) is 12.6 Å². The average molecular weight is 319 g/mol. The van der Waals surface area contributed by atoms with Gasteiger partial charge >= 0.3 is 0 Å². The minimum absolute atomic E-state index is 0.162. The molecular weight excluding hydrogens is 301 g/mol. The Morgan fingerprint density at radius 1 is 1.39 bits per heavy atom. The molecule has 2 aromatic rings. The number of hydrogen-bond acceptors (Lipinski definition) is 4. The van der Waals surface area contributed by atoms with Crippen LogP contribution in [0.4, 0.5) is 4.39 Å². The molecule has 7 nitrogen and oxygen atoms in total. The SMILES string of the molecule is CCC(NC(=O)CNC(=O)c1cccc(F)c1)c1n[nH]c(C)n1. The van der Waals surface area contributed by atoms with Gasteiger partial charge in [-0.3, -0.25) is 14.7 Å². The molecule has 122 valence electrons. The van der Waals surface area contributed by atoms with Gasteiger partial charge in [0.2, 0.25) is 5.91 Å². The predicted molar refractivity (Wildman–Crippen MR) is 81.0 cm³/mol. The Morgan fingerprint density at radius 2 is 2.17 bits per heavy atom. The Balaban J connectivity index is 1.88. The Labute approximate surface area is 132 Å². The first-order chi connectivity index (χ1) is 11.0. The third-order valence-electron chi connectivity index (χ3n) is 3.17. The monoisotopic (exact) mass is 319 g/mol. The van der Waals surface area contributed by atoms with E-state index in [2.05, 4.69) is 25.8 Å². The summed E-state index contributed by atoms with van der Waals surface area (Å²) in [4.78, 5) is 27.9. The molecular formula is C15H18FN5O2. The van der Waals surface area contributed by atoms with Crippen LogP contribution in [0.1, 0.15) is 41.4 Å². The second kappa shape index (κ2) is 7.48. The maximum absolute atomic E-state index is 13.1. The molecule has 8 heteroatoms. The number of aryl methyl sites for hydroxylation is 1. The number of benzene rings is 1. The largest absolute Gasteiger partial charge is 0.344 e. The fraction of sp³-hybridized carbons (Fsp3) is 0.333. The van der Waals surface area contributed by atoms with E-state index in [9.17, 15) is 14.0 Å². The first kappa shape index (κ1) is 16.6. The number of H-pyrrole nitrogens is 1. The lowest BCUT2D eigenvalue weighted by atomic mass is 10.2. The number of aromatic nitrogens is 3. The summed E-state index contributed by atoms with van der Waals surface area (Å²) in [5, 5.41) is 11.9. The van der Waals surface area contributed by atoms with Crippen LogP contribution in [0.2, 0.25) is 0 Å². The van der Waals surface area contributed by atoms with Crippen LogP contribution >= 0.6 is 0 Å². The van der Waals surface area contributed by atoms with E-state index in [0.29, 0.717) is 18.1 Å². The molecule has 0 aliphatic heterocycles. The first-order valence-electron chi connectivity index (χ1n) is 7.21. The number of halogens is 1. The van der Waals surface area contributed by atoms with E-state index in [1.54, 1.807) is 6.92 Å². The standard InChI is InChI=1S/C15H18FN5O2/c1-3-12(14-18-9(2)20-21-14)19-13(22)8-17-15(23)10-5-4-6-11(16)7-10/h4-7,12H,3,8H2,1-2H3,(H,17,23)(H,19,22)(H,18,20,21). The molecule has 0 radical (unpaired) electrons. The van der Waals surface area contributed by atoms with Crippen LogP contribution in [0.3, 0.4) is 0 Å². The Bertz CT molecular complexity index is 701. The molecule has 0 spiro atoms. The highest BCUT2D eigenvalue weighted by molar-refractivity contribution is 5.96. The van der Waals surface area contributed by atoms with Crippen molar-refractivity contribution in [1.29, 1.82) is 0 Å². The number of carbonyl (C=O) groups is 2. The fourth-order valence-electron chi connectivity index (χ4n) is 2.00. The number of aromatic amines is 1. The van der Waals surface area contributed by atoms with Gasteiger partial charge in [0.15, 0.2) is 5.82 Å². The van der Waals surface area contributed by atoms with Gasteiger partial charge in [0, 0.05) is 5.56 Å². The molecule has 0 fully saturated rings. The maximum atomic E-state index is 13.1. The normalized spacial score (nSPS) is 11.8. The summed E-state index contributed by atoms with van der Waals surface area (Å²) in [6, 6.07) is 4.93. The maximum Gasteiger partial charge on any atom is 0.251 e. The minimum atomic E-state index is -0.513. The van der Waals surface area contributed by atoms with Crippen LogP contribution in [0.25, 0.3) is 0 Å². The van der Waals surface area contributed by atoms with Crippen LogP contribution in [0.15, 0.2) is 24.3 Å². The van der Waals surface area contributed by atoms with E-state index in [-0.39, 0.29) is 24.1 Å². The highest BCUT2D eigenvalue weighted by Gasteiger charge is 2.17. The van der Waals surface area contributed by atoms with Crippen LogP contribution in [0.5, 0.6) is 0 Å². The quantitative estimate of drug-likeness (QED) is 0.746. The van der Waals surface area contributed by atoms with Gasteiger partial charge in [0.25, 0.3) is 5.91 Å². The van der Waals surface area contributed by atoms with Crippen molar-refractivity contribution in [2.24, 2.45) is 0 Å². The smallest absolute Gasteiger partial charge is 0.251 e. The number of carbonyl (C=O) groups excluding carboxylic acids is 2. The third kappa shape index (κ3) is 4.60. The summed E-state index contributed by atoms with van der Waals surface area (Å²) >= 11 is 0. The minimum Gasteiger partial charge on any atom is -0.344 e. The average Bonchev–Trinajstić information content (AvgIpc) is 2.96. The van der Waals surface area contributed by atoms with Crippen molar-refractivity contribution in [1.82, 2.24) is 25.8 Å². The lowest BCUT2D eigenvalue weighted by molar-refractivity contribution is -0.121. The van der Waals surface area contributed by atoms with Crippen molar-refractivity contribution in [2.45, 2.75) is 26.3 Å². The van der Waals surface area contributed by atoms with E-state index in [1.165, 1.54) is 18.2 Å². The van der Waals surface area contributed by atoms with Crippen molar-refractivity contribution in [2.75, 3.05) is 6.54 Å². The van der Waals surface area contributed by atoms with Gasteiger partial charge in [-0.1, -0.05) is 13.0 Å². The molecule has 1 aromatic heterocycles. The topological polar surface area (TPSA) is 99.8 Å². The summed E-state index contributed by atoms with van der Waals surface area (Å²) in [7, 11) is 0. The van der Waals surface area contributed by atoms with Crippen molar-refractivity contribution < 1.29 is 14.0 Å². The second-order valence-corrected chi connectivity index (χ2v) is 5.00. The van der Waals surface area contributed by atoms with Gasteiger partial charge in [0.1, 0.15) is 11.6 Å². The summed E-state index contributed by atoms with van der Waals surface area (Å²) < 4.78 is 13.1. The van der Waals surface area contributed by atoms with Crippen molar-refractivity contribution in [3.8, 4) is 0 Å². The van der Waals surface area contributed by atoms with Crippen molar-refractivity contribution >= 4 is 11.8 Å². The lowest BCUT2D eigenvalue weighted by Crippen LogP contribution is -2.38. The number of nitrogens with zero attached hydrogens (tertiary/aromatic N) is 2. The molecule has 2 amide bonds. The summed E-state index contributed by atoms with van der Waals surface area (Å²) in [5.41, 5.74) is 0.162. The van der Waals surface area contributed by atoms with Gasteiger partial charge in [-0.15, -0.1) is 0 Å². The van der Waals surface area contributed by atoms with Crippen LogP contribution in [-0.2, 0) is 4.79 Å². The predicted octanol–water partition coefficient (Wildman–Crippen LogP) is 1.25. The molecule has 1 heterocycles. The Hall–Kier alpha value is -2.77. The molecule has 0 bridgehead atoms. The van der Waals surface area contributed by atoms with Crippen molar-refractivity contribution in [3.05, 3.63) is 47.3 Å². The summed E-state index contributed by atoms with van der Waals surface area (Å²) in [5.74, 6) is -0.236. The van der Waals surface area contributed by atoms with E-state index in [1.807, 2.05) is 6.92 Å². The van der Waals surface area contributed by atoms with Crippen molar-refractivity contribution in [3.63, 3.8) is 0 Å². The zero-order valence-electron chi connectivity index (χ0n) is 12.9. The zero-order chi connectivity index (χ0) is 16.8. The molecule has 23 heavy (non-hydrogen) atoms. The molecule has 3 N–H and O–H groups in total. The second-order valence-electron chi connectivity index (χ2n) is 5.00. The molecule has 0 saturated heterocycles. The molecule has 0 saturated carbocycles. The molecule has 0 aliphatic rings. The van der Waals surface area contributed by atoms with E-state index < -0.39 is 11.7 Å². The Kier molecular flexibility index (Phi) is 5.40. The molecule has 0 aliphatic carbocycles. The zero-order valence-corrected chi connectivity index (χ0v) is 12.9. The summed E-state index contributed by atoms with van der Waals surface area (Å²) in [6.07, 6.45) is 0.612. The number of hydrogen-bond donors (Lipinski definition) is 3. The van der Waals surface area contributed by atoms with Crippen LogP contribution in [-0.4, -0.2) is 33.5 Å². The Morgan fingerprint density at radius 3 is 2.78 bits per heavy atom. The molecule has 1 unspecified atom stereocenters. The van der Waals surface area contributed by atoms with Gasteiger partial charge in [-0.25, -0.2) is 9.37 Å². The number of nitrogens with one attached hydrogen (secondary N) is 3. The molecule has 1 atom stereocenters.